The highest BCUT2D eigenvalue weighted by molar-refractivity contribution is 5.79. The highest BCUT2D eigenvalue weighted by Gasteiger charge is 2.28. The average molecular weight is 316 g/mol. The molecule has 1 aliphatic carbocycles. The fraction of sp³-hybridized carbons (Fsp3) is 0.722. The normalized spacial score (nSPS) is 18.6. The second-order valence-electron chi connectivity index (χ2n) is 6.78. The standard InChI is InChI=1S/C18H28N4O/c1-3-10-19-18(23)14-8-11-22(12-9-14)17-15-6-4-5-7-16(15)20-13(2)21-17/h14H,3-12H2,1-2H3,(H,19,23). The molecule has 2 heterocycles. The molecular formula is C18H28N4O. The van der Waals surface area contributed by atoms with Crippen LogP contribution < -0.4 is 10.2 Å². The van der Waals surface area contributed by atoms with E-state index in [4.69, 9.17) is 4.98 Å². The van der Waals surface area contributed by atoms with Gasteiger partial charge < -0.3 is 10.2 Å². The van der Waals surface area contributed by atoms with Gasteiger partial charge in [-0.1, -0.05) is 6.92 Å². The molecule has 3 rings (SSSR count). The van der Waals surface area contributed by atoms with Gasteiger partial charge in [-0.05, 0) is 51.9 Å². The van der Waals surface area contributed by atoms with Crippen LogP contribution in [0.5, 0.6) is 0 Å². The second kappa shape index (κ2) is 7.28. The highest BCUT2D eigenvalue weighted by atomic mass is 16.1. The molecule has 0 saturated carbocycles. The zero-order valence-corrected chi connectivity index (χ0v) is 14.4. The van der Waals surface area contributed by atoms with Crippen LogP contribution in [0.4, 0.5) is 5.82 Å². The van der Waals surface area contributed by atoms with Crippen LogP contribution in [0.2, 0.25) is 0 Å². The minimum absolute atomic E-state index is 0.163. The number of carbonyl (C=O) groups excluding carboxylic acids is 1. The number of aromatic nitrogens is 2. The van der Waals surface area contributed by atoms with Crippen molar-refractivity contribution in [3.05, 3.63) is 17.1 Å². The van der Waals surface area contributed by atoms with Gasteiger partial charge in [0.2, 0.25) is 5.91 Å². The molecule has 126 valence electrons. The van der Waals surface area contributed by atoms with Crippen molar-refractivity contribution in [3.8, 4) is 0 Å². The Morgan fingerprint density at radius 2 is 1.96 bits per heavy atom. The van der Waals surface area contributed by atoms with Gasteiger partial charge in [0.25, 0.3) is 0 Å². The molecule has 5 nitrogen and oxygen atoms in total. The summed E-state index contributed by atoms with van der Waals surface area (Å²) >= 11 is 0. The van der Waals surface area contributed by atoms with Crippen LogP contribution in [-0.2, 0) is 17.6 Å². The third-order valence-electron chi connectivity index (χ3n) is 4.99. The molecule has 0 aromatic carbocycles. The van der Waals surface area contributed by atoms with E-state index < -0.39 is 0 Å². The predicted octanol–water partition coefficient (Wildman–Crippen LogP) is 2.41. The summed E-state index contributed by atoms with van der Waals surface area (Å²) in [5.74, 6) is 2.41. The molecule has 1 aromatic rings. The molecule has 0 bridgehead atoms. The Morgan fingerprint density at radius 3 is 2.70 bits per heavy atom. The van der Waals surface area contributed by atoms with Crippen molar-refractivity contribution in [1.82, 2.24) is 15.3 Å². The predicted molar refractivity (Wildman–Crippen MR) is 91.6 cm³/mol. The Balaban J connectivity index is 1.68. The van der Waals surface area contributed by atoms with Crippen LogP contribution in [-0.4, -0.2) is 35.5 Å². The molecule has 1 saturated heterocycles. The van der Waals surface area contributed by atoms with Gasteiger partial charge in [-0.15, -0.1) is 0 Å². The molecule has 0 atom stereocenters. The number of amides is 1. The first-order valence-corrected chi connectivity index (χ1v) is 9.08. The maximum Gasteiger partial charge on any atom is 0.223 e. The highest BCUT2D eigenvalue weighted by Crippen LogP contribution is 2.30. The third kappa shape index (κ3) is 3.65. The first kappa shape index (κ1) is 16.2. The van der Waals surface area contributed by atoms with E-state index in [1.165, 1.54) is 24.1 Å². The molecule has 1 N–H and O–H groups in total. The summed E-state index contributed by atoms with van der Waals surface area (Å²) in [6.45, 7) is 6.71. The van der Waals surface area contributed by atoms with E-state index >= 15 is 0 Å². The summed E-state index contributed by atoms with van der Waals surface area (Å²) in [6.07, 6.45) is 7.51. The lowest BCUT2D eigenvalue weighted by atomic mass is 9.93. The third-order valence-corrected chi connectivity index (χ3v) is 4.99. The second-order valence-corrected chi connectivity index (χ2v) is 6.78. The summed E-state index contributed by atoms with van der Waals surface area (Å²) < 4.78 is 0. The fourth-order valence-corrected chi connectivity index (χ4v) is 3.70. The van der Waals surface area contributed by atoms with E-state index in [0.717, 1.165) is 63.4 Å². The van der Waals surface area contributed by atoms with E-state index in [2.05, 4.69) is 22.1 Å². The number of nitrogens with one attached hydrogen (secondary N) is 1. The van der Waals surface area contributed by atoms with Crippen LogP contribution >= 0.6 is 0 Å². The lowest BCUT2D eigenvalue weighted by Crippen LogP contribution is -2.41. The lowest BCUT2D eigenvalue weighted by Gasteiger charge is -2.34. The van der Waals surface area contributed by atoms with E-state index in [1.54, 1.807) is 0 Å². The van der Waals surface area contributed by atoms with Gasteiger partial charge in [-0.3, -0.25) is 4.79 Å². The van der Waals surface area contributed by atoms with E-state index in [-0.39, 0.29) is 11.8 Å². The molecule has 1 amide bonds. The summed E-state index contributed by atoms with van der Waals surface area (Å²) in [5.41, 5.74) is 2.61. The first-order chi connectivity index (χ1) is 11.2. The molecule has 1 aliphatic heterocycles. The molecule has 0 radical (unpaired) electrons. The molecule has 0 spiro atoms. The van der Waals surface area contributed by atoms with Crippen molar-refractivity contribution >= 4 is 11.7 Å². The zero-order valence-electron chi connectivity index (χ0n) is 14.4. The van der Waals surface area contributed by atoms with Crippen molar-refractivity contribution in [2.45, 2.75) is 58.8 Å². The van der Waals surface area contributed by atoms with Crippen molar-refractivity contribution in [2.75, 3.05) is 24.5 Å². The smallest absolute Gasteiger partial charge is 0.223 e. The van der Waals surface area contributed by atoms with Crippen LogP contribution in [0, 0.1) is 12.8 Å². The molecule has 2 aliphatic rings. The van der Waals surface area contributed by atoms with Gasteiger partial charge in [-0.25, -0.2) is 9.97 Å². The van der Waals surface area contributed by atoms with Gasteiger partial charge in [-0.2, -0.15) is 0 Å². The molecule has 1 fully saturated rings. The maximum absolute atomic E-state index is 12.1. The van der Waals surface area contributed by atoms with Crippen LogP contribution in [0.1, 0.15) is 56.1 Å². The van der Waals surface area contributed by atoms with E-state index in [0.29, 0.717) is 0 Å². The topological polar surface area (TPSA) is 58.1 Å². The number of carbonyl (C=O) groups is 1. The zero-order chi connectivity index (χ0) is 16.2. The number of hydrogen-bond acceptors (Lipinski definition) is 4. The molecule has 23 heavy (non-hydrogen) atoms. The summed E-state index contributed by atoms with van der Waals surface area (Å²) in [5, 5.41) is 3.03. The van der Waals surface area contributed by atoms with Crippen molar-refractivity contribution in [3.63, 3.8) is 0 Å². The summed E-state index contributed by atoms with van der Waals surface area (Å²) in [7, 11) is 0. The van der Waals surface area contributed by atoms with Gasteiger partial charge in [0.15, 0.2) is 0 Å². The minimum Gasteiger partial charge on any atom is -0.356 e. The van der Waals surface area contributed by atoms with Crippen molar-refractivity contribution in [2.24, 2.45) is 5.92 Å². The SMILES string of the molecule is CCCNC(=O)C1CCN(c2nc(C)nc3c2CCCC3)CC1. The number of fused-ring (bicyclic) bond motifs is 1. The fourth-order valence-electron chi connectivity index (χ4n) is 3.70. The van der Waals surface area contributed by atoms with Gasteiger partial charge in [0, 0.05) is 36.8 Å². The van der Waals surface area contributed by atoms with Crippen LogP contribution in [0.15, 0.2) is 0 Å². The van der Waals surface area contributed by atoms with Gasteiger partial charge in [0.1, 0.15) is 11.6 Å². The Morgan fingerprint density at radius 1 is 1.22 bits per heavy atom. The number of anilines is 1. The summed E-state index contributed by atoms with van der Waals surface area (Å²) in [6, 6.07) is 0. The lowest BCUT2D eigenvalue weighted by molar-refractivity contribution is -0.125. The average Bonchev–Trinajstić information content (AvgIpc) is 2.59. The van der Waals surface area contributed by atoms with Gasteiger partial charge >= 0.3 is 0 Å². The number of piperidine rings is 1. The van der Waals surface area contributed by atoms with Crippen molar-refractivity contribution < 1.29 is 4.79 Å². The molecular weight excluding hydrogens is 288 g/mol. The number of aryl methyl sites for hydroxylation is 2. The minimum atomic E-state index is 0.163. The largest absolute Gasteiger partial charge is 0.356 e. The monoisotopic (exact) mass is 316 g/mol. The quantitative estimate of drug-likeness (QED) is 0.927. The Labute approximate surface area is 138 Å². The Kier molecular flexibility index (Phi) is 5.13. The maximum atomic E-state index is 12.1. The van der Waals surface area contributed by atoms with Crippen molar-refractivity contribution in [1.29, 1.82) is 0 Å². The van der Waals surface area contributed by atoms with Gasteiger partial charge in [0.05, 0.1) is 0 Å². The van der Waals surface area contributed by atoms with Crippen LogP contribution in [0.25, 0.3) is 0 Å². The number of rotatable bonds is 4. The Hall–Kier alpha value is -1.65. The number of nitrogens with zero attached hydrogens (tertiary/aromatic N) is 3. The van der Waals surface area contributed by atoms with E-state index in [9.17, 15) is 4.79 Å². The number of hydrogen-bond donors (Lipinski definition) is 1. The Bertz CT molecular complexity index is 564. The molecule has 5 heteroatoms. The molecule has 0 unspecified atom stereocenters. The summed E-state index contributed by atoms with van der Waals surface area (Å²) in [4.78, 5) is 23.9. The van der Waals surface area contributed by atoms with Crippen LogP contribution in [0.3, 0.4) is 0 Å². The molecule has 1 aromatic heterocycles. The first-order valence-electron chi connectivity index (χ1n) is 9.08. The van der Waals surface area contributed by atoms with E-state index in [1.807, 2.05) is 6.92 Å².